The van der Waals surface area contributed by atoms with Gasteiger partial charge in [-0.3, -0.25) is 0 Å². The molecule has 0 radical (unpaired) electrons. The predicted octanol–water partition coefficient (Wildman–Crippen LogP) is 7.21. The Morgan fingerprint density at radius 3 is 1.32 bits per heavy atom. The zero-order chi connectivity index (χ0) is 21.8. The van der Waals surface area contributed by atoms with Gasteiger partial charge in [-0.25, -0.2) is 0 Å². The van der Waals surface area contributed by atoms with Crippen LogP contribution in [0, 0.1) is 0 Å². The minimum atomic E-state index is 0.375. The number of nitrogens with two attached hydrogens (primary N) is 2. The van der Waals surface area contributed by atoms with Gasteiger partial charge in [-0.05, 0) is 34.4 Å². The fourth-order valence-corrected chi connectivity index (χ4v) is 4.20. The highest BCUT2D eigenvalue weighted by Gasteiger charge is 2.15. The lowest BCUT2D eigenvalue weighted by atomic mass is 9.98. The largest absolute Gasteiger partial charge is 0.398 e. The van der Waals surface area contributed by atoms with Crippen LogP contribution in [0.5, 0.6) is 0 Å². The summed E-state index contributed by atoms with van der Waals surface area (Å²) in [4.78, 5) is 0. The van der Waals surface area contributed by atoms with E-state index in [-0.39, 0.29) is 0 Å². The van der Waals surface area contributed by atoms with Crippen LogP contribution in [0.2, 0.25) is 10.0 Å². The highest BCUT2D eigenvalue weighted by atomic mass is 35.5. The molecule has 0 amide bonds. The van der Waals surface area contributed by atoms with E-state index in [1.807, 2.05) is 84.9 Å². The Kier molecular flexibility index (Phi) is 6.47. The molecule has 0 saturated carbocycles. The second-order valence-corrected chi connectivity index (χ2v) is 7.99. The monoisotopic (exact) mass is 448 g/mol. The summed E-state index contributed by atoms with van der Waals surface area (Å²) in [5.41, 5.74) is 18.9. The Morgan fingerprint density at radius 1 is 0.548 bits per heavy atom. The molecule has 5 heteroatoms. The zero-order valence-corrected chi connectivity index (χ0v) is 18.3. The van der Waals surface area contributed by atoms with Crippen LogP contribution in [-0.2, 0) is 18.0 Å². The first-order valence-electron chi connectivity index (χ1n) is 9.88. The van der Waals surface area contributed by atoms with Gasteiger partial charge in [0.05, 0.1) is 34.6 Å². The molecule has 3 nitrogen and oxygen atoms in total. The lowest BCUT2D eigenvalue weighted by Crippen LogP contribution is -2.01. The van der Waals surface area contributed by atoms with Crippen LogP contribution in [0.25, 0.3) is 22.3 Å². The number of anilines is 2. The molecule has 0 aliphatic carbocycles. The van der Waals surface area contributed by atoms with E-state index in [9.17, 15) is 0 Å². The third kappa shape index (κ3) is 4.54. The molecular formula is C26H22Cl2N2O. The van der Waals surface area contributed by atoms with Crippen molar-refractivity contribution in [2.45, 2.75) is 13.2 Å². The van der Waals surface area contributed by atoms with Crippen molar-refractivity contribution in [2.24, 2.45) is 0 Å². The molecule has 0 spiro atoms. The third-order valence-corrected chi connectivity index (χ3v) is 5.97. The van der Waals surface area contributed by atoms with E-state index < -0.39 is 0 Å². The van der Waals surface area contributed by atoms with Crippen molar-refractivity contribution in [1.29, 1.82) is 0 Å². The fraction of sp³-hybridized carbons (Fsp3) is 0.0769. The van der Waals surface area contributed by atoms with Gasteiger partial charge in [0.25, 0.3) is 0 Å². The molecule has 0 heterocycles. The molecule has 0 saturated heterocycles. The average Bonchev–Trinajstić information content (AvgIpc) is 2.80. The van der Waals surface area contributed by atoms with Crippen molar-refractivity contribution >= 4 is 34.6 Å². The van der Waals surface area contributed by atoms with Gasteiger partial charge in [0.2, 0.25) is 0 Å². The normalized spacial score (nSPS) is 10.9. The van der Waals surface area contributed by atoms with E-state index >= 15 is 0 Å². The second kappa shape index (κ2) is 9.44. The maximum atomic E-state index is 6.56. The van der Waals surface area contributed by atoms with Crippen LogP contribution < -0.4 is 11.5 Å². The summed E-state index contributed by atoms with van der Waals surface area (Å²) in [6, 6.07) is 27.4. The van der Waals surface area contributed by atoms with Gasteiger partial charge in [0, 0.05) is 11.1 Å². The Balaban J connectivity index is 1.62. The van der Waals surface area contributed by atoms with Crippen LogP contribution in [-0.4, -0.2) is 0 Å². The van der Waals surface area contributed by atoms with E-state index in [1.54, 1.807) is 0 Å². The summed E-state index contributed by atoms with van der Waals surface area (Å²) in [7, 11) is 0. The number of hydrogen-bond acceptors (Lipinski definition) is 3. The third-order valence-electron chi connectivity index (χ3n) is 5.16. The molecule has 0 aliphatic heterocycles. The Hall–Kier alpha value is -2.98. The molecule has 4 N–H and O–H groups in total. The van der Waals surface area contributed by atoms with Crippen LogP contribution in [0.1, 0.15) is 11.1 Å². The van der Waals surface area contributed by atoms with Crippen molar-refractivity contribution in [3.8, 4) is 22.3 Å². The van der Waals surface area contributed by atoms with E-state index in [1.165, 1.54) is 0 Å². The van der Waals surface area contributed by atoms with Crippen molar-refractivity contribution in [3.63, 3.8) is 0 Å². The predicted molar refractivity (Wildman–Crippen MR) is 131 cm³/mol. The summed E-state index contributed by atoms with van der Waals surface area (Å²) >= 11 is 13.1. The number of hydrogen-bond donors (Lipinski definition) is 2. The van der Waals surface area contributed by atoms with Crippen LogP contribution in [0.15, 0.2) is 84.9 Å². The molecule has 156 valence electrons. The fourth-order valence-electron chi connectivity index (χ4n) is 3.61. The van der Waals surface area contributed by atoms with Crippen molar-refractivity contribution in [3.05, 3.63) is 106 Å². The van der Waals surface area contributed by atoms with E-state index in [0.717, 1.165) is 33.4 Å². The number of nitrogen functional groups attached to an aromatic ring is 2. The molecule has 31 heavy (non-hydrogen) atoms. The average molecular weight is 449 g/mol. The topological polar surface area (TPSA) is 61.3 Å². The van der Waals surface area contributed by atoms with Crippen molar-refractivity contribution in [2.75, 3.05) is 11.5 Å². The first-order chi connectivity index (χ1) is 15.1. The number of benzene rings is 4. The van der Waals surface area contributed by atoms with E-state index in [0.29, 0.717) is 34.6 Å². The summed E-state index contributed by atoms with van der Waals surface area (Å²) in [6.07, 6.45) is 0. The van der Waals surface area contributed by atoms with Gasteiger partial charge >= 0.3 is 0 Å². The Morgan fingerprint density at radius 2 is 0.935 bits per heavy atom. The highest BCUT2D eigenvalue weighted by molar-refractivity contribution is 6.36. The molecule has 0 bridgehead atoms. The molecule has 4 aromatic rings. The molecule has 0 atom stereocenters. The minimum absolute atomic E-state index is 0.375. The summed E-state index contributed by atoms with van der Waals surface area (Å²) < 4.78 is 6.12. The molecule has 4 aromatic carbocycles. The van der Waals surface area contributed by atoms with Gasteiger partial charge in [0.15, 0.2) is 0 Å². The quantitative estimate of drug-likeness (QED) is 0.306. The molecule has 4 rings (SSSR count). The lowest BCUT2D eigenvalue weighted by Gasteiger charge is -2.16. The zero-order valence-electron chi connectivity index (χ0n) is 16.8. The number of ether oxygens (including phenoxy) is 1. The first-order valence-corrected chi connectivity index (χ1v) is 10.6. The molecule has 0 aromatic heterocycles. The SMILES string of the molecule is Nc1ccc(COCc2ccc(N)c(Cl)c2-c2ccccc2)c(-c2ccccc2)c1Cl. The molecular weight excluding hydrogens is 427 g/mol. The van der Waals surface area contributed by atoms with Gasteiger partial charge in [-0.2, -0.15) is 0 Å². The number of rotatable bonds is 6. The van der Waals surface area contributed by atoms with Crippen molar-refractivity contribution in [1.82, 2.24) is 0 Å². The number of halogens is 2. The van der Waals surface area contributed by atoms with E-state index in [4.69, 9.17) is 39.4 Å². The summed E-state index contributed by atoms with van der Waals surface area (Å²) in [5, 5.41) is 1.07. The highest BCUT2D eigenvalue weighted by Crippen LogP contribution is 2.38. The molecule has 0 aliphatic rings. The van der Waals surface area contributed by atoms with Gasteiger partial charge in [-0.1, -0.05) is 96.0 Å². The van der Waals surface area contributed by atoms with E-state index in [2.05, 4.69) is 0 Å². The van der Waals surface area contributed by atoms with Crippen LogP contribution in [0.3, 0.4) is 0 Å². The Bertz CT molecular complexity index is 1100. The summed E-state index contributed by atoms with van der Waals surface area (Å²) in [5.74, 6) is 0. The van der Waals surface area contributed by atoms with Gasteiger partial charge < -0.3 is 16.2 Å². The molecule has 0 unspecified atom stereocenters. The van der Waals surface area contributed by atoms with Crippen LogP contribution >= 0.6 is 23.2 Å². The smallest absolute Gasteiger partial charge is 0.0728 e. The standard InChI is InChI=1S/C26H22Cl2N2O/c27-25-21(29)13-11-19(23(25)17-7-3-1-4-8-17)15-31-16-20-12-14-22(30)26(28)24(20)18-9-5-2-6-10-18/h1-14H,15-16,29-30H2. The molecule has 0 fully saturated rings. The second-order valence-electron chi connectivity index (χ2n) is 7.23. The minimum Gasteiger partial charge on any atom is -0.398 e. The van der Waals surface area contributed by atoms with Gasteiger partial charge in [0.1, 0.15) is 0 Å². The van der Waals surface area contributed by atoms with Gasteiger partial charge in [-0.15, -0.1) is 0 Å². The lowest BCUT2D eigenvalue weighted by molar-refractivity contribution is 0.108. The maximum absolute atomic E-state index is 6.56. The first kappa shape index (κ1) is 21.3. The Labute approximate surface area is 192 Å². The maximum Gasteiger partial charge on any atom is 0.0728 e. The van der Waals surface area contributed by atoms with Crippen LogP contribution in [0.4, 0.5) is 11.4 Å². The summed E-state index contributed by atoms with van der Waals surface area (Å²) in [6.45, 7) is 0.751. The van der Waals surface area contributed by atoms with Crippen molar-refractivity contribution < 1.29 is 4.74 Å².